The number of rotatable bonds is 9. The van der Waals surface area contributed by atoms with E-state index in [4.69, 9.17) is 4.74 Å². The lowest BCUT2D eigenvalue weighted by Gasteiger charge is -2.45. The lowest BCUT2D eigenvalue weighted by Crippen LogP contribution is -2.51. The van der Waals surface area contributed by atoms with Gasteiger partial charge in [-0.25, -0.2) is 8.78 Å². The summed E-state index contributed by atoms with van der Waals surface area (Å²) in [6.45, 7) is 10.7. The van der Waals surface area contributed by atoms with Gasteiger partial charge in [0, 0.05) is 24.5 Å². The molecule has 41 heavy (non-hydrogen) atoms. The summed E-state index contributed by atoms with van der Waals surface area (Å²) >= 11 is 0. The monoisotopic (exact) mass is 567 g/mol. The van der Waals surface area contributed by atoms with Crippen LogP contribution in [0.5, 0.6) is 5.75 Å². The number of piperidine rings is 3. The van der Waals surface area contributed by atoms with Crippen LogP contribution in [-0.4, -0.2) is 78.6 Å². The molecule has 5 rings (SSSR count). The number of likely N-dealkylation sites (tertiary alicyclic amines) is 3. The highest BCUT2D eigenvalue weighted by atomic mass is 19.2. The highest BCUT2D eigenvalue weighted by Gasteiger charge is 2.39. The van der Waals surface area contributed by atoms with E-state index in [1.165, 1.54) is 57.3 Å². The molecule has 2 aromatic rings. The van der Waals surface area contributed by atoms with Gasteiger partial charge in [0.2, 0.25) is 5.91 Å². The molecule has 0 aliphatic carbocycles. The van der Waals surface area contributed by atoms with Gasteiger partial charge in [-0.1, -0.05) is 24.6 Å². The molecule has 0 bridgehead atoms. The molecule has 1 atom stereocenters. The van der Waals surface area contributed by atoms with Gasteiger partial charge in [0.25, 0.3) is 0 Å². The Morgan fingerprint density at radius 1 is 0.951 bits per heavy atom. The molecule has 224 valence electrons. The fraction of sp³-hybridized carbons (Fsp3) is 0.618. The van der Waals surface area contributed by atoms with Crippen LogP contribution in [0.25, 0.3) is 0 Å². The predicted octanol–water partition coefficient (Wildman–Crippen LogP) is 6.20. The Kier molecular flexibility index (Phi) is 9.97. The van der Waals surface area contributed by atoms with Gasteiger partial charge in [-0.3, -0.25) is 4.79 Å². The normalized spacial score (nSPS) is 23.2. The van der Waals surface area contributed by atoms with Crippen LogP contribution in [0.15, 0.2) is 42.5 Å². The molecule has 3 saturated heterocycles. The Morgan fingerprint density at radius 3 is 2.46 bits per heavy atom. The van der Waals surface area contributed by atoms with Gasteiger partial charge < -0.3 is 19.4 Å². The Labute approximate surface area is 244 Å². The molecule has 0 spiro atoms. The first-order valence-electron chi connectivity index (χ1n) is 15.8. The van der Waals surface area contributed by atoms with Crippen LogP contribution < -0.4 is 4.74 Å². The summed E-state index contributed by atoms with van der Waals surface area (Å²) in [5, 5.41) is 0. The van der Waals surface area contributed by atoms with Gasteiger partial charge in [0.1, 0.15) is 5.75 Å². The Balaban J connectivity index is 1.27. The number of carbonyl (C=O) groups excluding carboxylic acids is 1. The molecular weight excluding hydrogens is 520 g/mol. The summed E-state index contributed by atoms with van der Waals surface area (Å²) in [4.78, 5) is 20.8. The smallest absolute Gasteiger partial charge is 0.227 e. The summed E-state index contributed by atoms with van der Waals surface area (Å²) in [6.07, 6.45) is 9.30. The first-order valence-corrected chi connectivity index (χ1v) is 15.8. The molecular formula is C34H47F2N3O2. The number of carbonyl (C=O) groups is 1. The van der Waals surface area contributed by atoms with Crippen molar-refractivity contribution in [3.05, 3.63) is 65.2 Å². The van der Waals surface area contributed by atoms with Crippen molar-refractivity contribution in [1.82, 2.24) is 14.7 Å². The van der Waals surface area contributed by atoms with Crippen LogP contribution in [0.2, 0.25) is 0 Å². The van der Waals surface area contributed by atoms with E-state index in [0.29, 0.717) is 25.6 Å². The maximum absolute atomic E-state index is 14.5. The van der Waals surface area contributed by atoms with E-state index in [-0.39, 0.29) is 12.0 Å². The van der Waals surface area contributed by atoms with Gasteiger partial charge in [-0.2, -0.15) is 0 Å². The summed E-state index contributed by atoms with van der Waals surface area (Å²) in [5.74, 6) is -0.796. The van der Waals surface area contributed by atoms with Crippen molar-refractivity contribution in [2.75, 3.05) is 45.8 Å². The molecule has 3 aliphatic rings. The fourth-order valence-electron chi connectivity index (χ4n) is 7.21. The quantitative estimate of drug-likeness (QED) is 0.362. The predicted molar refractivity (Wildman–Crippen MR) is 159 cm³/mol. The molecule has 2 aromatic carbocycles. The molecule has 0 aromatic heterocycles. The molecule has 5 nitrogen and oxygen atoms in total. The summed E-state index contributed by atoms with van der Waals surface area (Å²) in [7, 11) is 0. The van der Waals surface area contributed by atoms with E-state index in [9.17, 15) is 13.6 Å². The third kappa shape index (κ3) is 7.66. The average molecular weight is 568 g/mol. The molecule has 0 saturated carbocycles. The van der Waals surface area contributed by atoms with E-state index in [2.05, 4.69) is 9.80 Å². The van der Waals surface area contributed by atoms with E-state index >= 15 is 0 Å². The van der Waals surface area contributed by atoms with Crippen LogP contribution >= 0.6 is 0 Å². The number of amides is 1. The number of halogens is 2. The summed E-state index contributed by atoms with van der Waals surface area (Å²) in [5.41, 5.74) is 1.34. The second-order valence-electron chi connectivity index (χ2n) is 12.7. The maximum atomic E-state index is 14.5. The third-order valence-corrected chi connectivity index (χ3v) is 9.46. The fourth-order valence-corrected chi connectivity index (χ4v) is 7.21. The maximum Gasteiger partial charge on any atom is 0.227 e. The number of benzene rings is 2. The first kappa shape index (κ1) is 30.0. The first-order chi connectivity index (χ1) is 19.8. The van der Waals surface area contributed by atoms with E-state index in [0.717, 1.165) is 55.8 Å². The minimum Gasteiger partial charge on any atom is -0.491 e. The Hall–Kier alpha value is -2.51. The van der Waals surface area contributed by atoms with Crippen molar-refractivity contribution in [3.63, 3.8) is 0 Å². The number of hydrogen-bond donors (Lipinski definition) is 0. The largest absolute Gasteiger partial charge is 0.491 e. The standard InChI is InChI=1S/C34H47F2N3O2/c1-26(2)41-30-9-6-8-27(22-30)23-33(40)39-18-7-14-34(25-39,28-10-11-31(35)32(36)24-28)15-21-37-19-12-29(13-20-37)38-16-4-3-5-17-38/h6,8-11,22,24,26,29H,3-5,7,12-21,23,25H2,1-2H3. The van der Waals surface area contributed by atoms with Crippen LogP contribution in [0.1, 0.15) is 76.3 Å². The molecule has 3 heterocycles. The molecule has 3 aliphatic heterocycles. The van der Waals surface area contributed by atoms with Crippen LogP contribution in [0.3, 0.4) is 0 Å². The van der Waals surface area contributed by atoms with Crippen LogP contribution in [0.4, 0.5) is 8.78 Å². The highest BCUT2D eigenvalue weighted by Crippen LogP contribution is 2.39. The average Bonchev–Trinajstić information content (AvgIpc) is 2.98. The zero-order valence-corrected chi connectivity index (χ0v) is 24.9. The van der Waals surface area contributed by atoms with Crippen molar-refractivity contribution in [2.45, 2.75) is 89.2 Å². The van der Waals surface area contributed by atoms with Crippen molar-refractivity contribution in [2.24, 2.45) is 0 Å². The Morgan fingerprint density at radius 2 is 1.73 bits per heavy atom. The van der Waals surface area contributed by atoms with Crippen molar-refractivity contribution in [1.29, 1.82) is 0 Å². The zero-order chi connectivity index (χ0) is 28.8. The second kappa shape index (κ2) is 13.6. The molecule has 1 amide bonds. The van der Waals surface area contributed by atoms with E-state index in [1.807, 2.05) is 43.0 Å². The molecule has 3 fully saturated rings. The number of hydrogen-bond acceptors (Lipinski definition) is 4. The molecule has 7 heteroatoms. The summed E-state index contributed by atoms with van der Waals surface area (Å²) in [6, 6.07) is 12.8. The van der Waals surface area contributed by atoms with Gasteiger partial charge in [-0.15, -0.1) is 0 Å². The highest BCUT2D eigenvalue weighted by molar-refractivity contribution is 5.79. The van der Waals surface area contributed by atoms with Crippen molar-refractivity contribution >= 4 is 5.91 Å². The lowest BCUT2D eigenvalue weighted by molar-refractivity contribution is -0.132. The van der Waals surface area contributed by atoms with Gasteiger partial charge in [0.05, 0.1) is 12.5 Å². The van der Waals surface area contributed by atoms with E-state index < -0.39 is 17.0 Å². The van der Waals surface area contributed by atoms with Gasteiger partial charge in [0.15, 0.2) is 11.6 Å². The van der Waals surface area contributed by atoms with E-state index in [1.54, 1.807) is 6.07 Å². The Bertz CT molecular complexity index is 1160. The number of ether oxygens (including phenoxy) is 1. The van der Waals surface area contributed by atoms with Gasteiger partial charge >= 0.3 is 0 Å². The third-order valence-electron chi connectivity index (χ3n) is 9.46. The van der Waals surface area contributed by atoms with Crippen LogP contribution in [0, 0.1) is 11.6 Å². The van der Waals surface area contributed by atoms with Gasteiger partial charge in [-0.05, 0) is 127 Å². The minimum atomic E-state index is -0.823. The summed E-state index contributed by atoms with van der Waals surface area (Å²) < 4.78 is 34.3. The topological polar surface area (TPSA) is 36.0 Å². The molecule has 0 N–H and O–H groups in total. The van der Waals surface area contributed by atoms with Crippen molar-refractivity contribution in [3.8, 4) is 5.75 Å². The van der Waals surface area contributed by atoms with Crippen molar-refractivity contribution < 1.29 is 18.3 Å². The minimum absolute atomic E-state index is 0.0651. The molecule has 1 unspecified atom stereocenters. The second-order valence-corrected chi connectivity index (χ2v) is 12.7. The lowest BCUT2D eigenvalue weighted by atomic mass is 9.71. The van der Waals surface area contributed by atoms with Crippen LogP contribution in [-0.2, 0) is 16.6 Å². The zero-order valence-electron chi connectivity index (χ0n) is 24.9. The molecule has 0 radical (unpaired) electrons. The SMILES string of the molecule is CC(C)Oc1cccc(CC(=O)N2CCCC(CCN3CCC(N4CCCCC4)CC3)(c3ccc(F)c(F)c3)C2)c1. The number of nitrogens with zero attached hydrogens (tertiary/aromatic N) is 3.